The first kappa shape index (κ1) is 71.4. The van der Waals surface area contributed by atoms with Crippen LogP contribution in [0.2, 0.25) is 0 Å². The van der Waals surface area contributed by atoms with Gasteiger partial charge in [-0.1, -0.05) is 411 Å². The molecule has 0 fully saturated rings. The van der Waals surface area contributed by atoms with Gasteiger partial charge in [0.25, 0.3) is 0 Å². The number of hydrogen-bond donors (Lipinski definition) is 2. The van der Waals surface area contributed by atoms with Crippen LogP contribution in [0.3, 0.4) is 0 Å². The Morgan fingerprint density at radius 1 is 0.153 bits per heavy atom. The van der Waals surface area contributed by atoms with Gasteiger partial charge in [-0.2, -0.15) is 0 Å². The summed E-state index contributed by atoms with van der Waals surface area (Å²) in [5, 5.41) is 17.5. The lowest BCUT2D eigenvalue weighted by Crippen LogP contribution is -1.93. The van der Waals surface area contributed by atoms with Gasteiger partial charge in [-0.3, -0.25) is 4.79 Å². The van der Waals surface area contributed by atoms with Crippen molar-refractivity contribution >= 4 is 5.97 Å². The number of unbranched alkanes of at least 4 members (excludes halogenated alkanes) is 65. The van der Waals surface area contributed by atoms with Crippen molar-refractivity contribution in [3.63, 3.8) is 0 Å². The van der Waals surface area contributed by atoms with E-state index in [1.165, 1.54) is 405 Å². The highest BCUT2D eigenvalue weighted by atomic mass is 16.4. The summed E-state index contributed by atoms with van der Waals surface area (Å²) in [6.07, 6.45) is 94.9. The van der Waals surface area contributed by atoms with Gasteiger partial charge in [0.05, 0.1) is 0 Å². The maximum absolute atomic E-state index is 10.5. The lowest BCUT2D eigenvalue weighted by molar-refractivity contribution is -0.137. The normalized spacial score (nSPS) is 11.7. The van der Waals surface area contributed by atoms with Crippen molar-refractivity contribution in [3.05, 3.63) is 0 Å². The van der Waals surface area contributed by atoms with Gasteiger partial charge in [-0.25, -0.2) is 0 Å². The number of aliphatic carboxylic acids is 1. The van der Waals surface area contributed by atoms with Crippen LogP contribution in [0.5, 0.6) is 0 Å². The first-order valence-electron chi connectivity index (χ1n) is 34.6. The van der Waals surface area contributed by atoms with E-state index in [1.54, 1.807) is 0 Å². The monoisotopic (exact) mass is 1020 g/mol. The lowest BCUT2D eigenvalue weighted by Gasteiger charge is -2.05. The number of aliphatic hydroxyl groups excluding tert-OH is 1. The molecule has 0 amide bonds. The molecule has 0 bridgehead atoms. The second-order valence-electron chi connectivity index (χ2n) is 24.2. The molecule has 3 nitrogen and oxygen atoms in total. The molecule has 72 heavy (non-hydrogen) atoms. The van der Waals surface area contributed by atoms with Gasteiger partial charge >= 0.3 is 5.97 Å². The average Bonchev–Trinajstić information content (AvgIpc) is 3.38. The molecule has 0 aliphatic rings. The van der Waals surface area contributed by atoms with E-state index in [-0.39, 0.29) is 0 Å². The molecule has 0 rings (SSSR count). The minimum Gasteiger partial charge on any atom is -0.481 e. The molecular weight excluding hydrogens is 877 g/mol. The summed E-state index contributed by atoms with van der Waals surface area (Å²) in [5.41, 5.74) is 0. The molecule has 0 unspecified atom stereocenters. The van der Waals surface area contributed by atoms with E-state index in [1.807, 2.05) is 0 Å². The highest BCUT2D eigenvalue weighted by molar-refractivity contribution is 5.66. The first-order valence-corrected chi connectivity index (χ1v) is 34.6. The van der Waals surface area contributed by atoms with Crippen molar-refractivity contribution in [2.75, 3.05) is 6.61 Å². The Morgan fingerprint density at radius 3 is 0.319 bits per heavy atom. The van der Waals surface area contributed by atoms with Gasteiger partial charge in [-0.05, 0) is 12.8 Å². The Balaban J connectivity index is 3.07. The van der Waals surface area contributed by atoms with Gasteiger partial charge in [0, 0.05) is 13.0 Å². The Labute approximate surface area is 455 Å². The highest BCUT2D eigenvalue weighted by Gasteiger charge is 2.01. The molecule has 0 aromatic carbocycles. The lowest BCUT2D eigenvalue weighted by atomic mass is 10.0. The average molecular weight is 1020 g/mol. The van der Waals surface area contributed by atoms with Crippen LogP contribution in [0.1, 0.15) is 430 Å². The molecule has 0 heterocycles. The van der Waals surface area contributed by atoms with Crippen molar-refractivity contribution in [2.24, 2.45) is 0 Å². The summed E-state index contributed by atoms with van der Waals surface area (Å²) in [4.78, 5) is 10.5. The van der Waals surface area contributed by atoms with E-state index >= 15 is 0 Å². The number of carboxylic acids is 1. The standard InChI is InChI=1S/C69H138O3/c70-68-66-64-62-60-58-56-54-52-50-48-46-44-42-40-38-36-34-32-30-28-26-24-22-20-18-16-14-12-10-8-6-4-2-1-3-5-7-9-11-13-15-17-19-21-23-25-27-29-31-33-35-37-39-41-43-45-47-49-51-53-55-57-59-61-63-65-67-69(71)72/h70H,1-68H2,(H,71,72). The summed E-state index contributed by atoms with van der Waals surface area (Å²) in [6.45, 7) is 0.373. The summed E-state index contributed by atoms with van der Waals surface area (Å²) < 4.78 is 0. The molecule has 0 atom stereocenters. The van der Waals surface area contributed by atoms with Crippen LogP contribution in [0.4, 0.5) is 0 Å². The summed E-state index contributed by atoms with van der Waals surface area (Å²) >= 11 is 0. The highest BCUT2D eigenvalue weighted by Crippen LogP contribution is 2.20. The summed E-state index contributed by atoms with van der Waals surface area (Å²) in [6, 6.07) is 0. The maximum Gasteiger partial charge on any atom is 0.303 e. The third-order valence-electron chi connectivity index (χ3n) is 16.8. The molecule has 0 aromatic heterocycles. The zero-order chi connectivity index (χ0) is 51.7. The Morgan fingerprint density at radius 2 is 0.236 bits per heavy atom. The topological polar surface area (TPSA) is 57.5 Å². The quantitative estimate of drug-likeness (QED) is 0.0597. The molecule has 3 heteroatoms. The van der Waals surface area contributed by atoms with Crippen molar-refractivity contribution < 1.29 is 15.0 Å². The number of carboxylic acid groups (broad SMARTS) is 1. The molecule has 432 valence electrons. The van der Waals surface area contributed by atoms with E-state index in [0.29, 0.717) is 13.0 Å². The van der Waals surface area contributed by atoms with Gasteiger partial charge in [0.15, 0.2) is 0 Å². The predicted octanol–water partition coefficient (Wildman–Crippen LogP) is 25.2. The second kappa shape index (κ2) is 68.4. The van der Waals surface area contributed by atoms with Gasteiger partial charge in [-0.15, -0.1) is 0 Å². The largest absolute Gasteiger partial charge is 0.481 e. The van der Waals surface area contributed by atoms with Crippen molar-refractivity contribution in [3.8, 4) is 0 Å². The zero-order valence-electron chi connectivity index (χ0n) is 49.9. The molecule has 0 saturated carbocycles. The molecule has 0 radical (unpaired) electrons. The van der Waals surface area contributed by atoms with Crippen LogP contribution in [-0.4, -0.2) is 22.8 Å². The molecule has 0 aliphatic heterocycles. The van der Waals surface area contributed by atoms with Crippen molar-refractivity contribution in [1.29, 1.82) is 0 Å². The fourth-order valence-electron chi connectivity index (χ4n) is 11.7. The number of rotatable bonds is 68. The molecule has 0 aliphatic carbocycles. The molecule has 0 saturated heterocycles. The fourth-order valence-corrected chi connectivity index (χ4v) is 11.7. The zero-order valence-corrected chi connectivity index (χ0v) is 49.9. The van der Waals surface area contributed by atoms with E-state index in [0.717, 1.165) is 19.3 Å². The van der Waals surface area contributed by atoms with E-state index in [9.17, 15) is 4.79 Å². The van der Waals surface area contributed by atoms with Crippen LogP contribution >= 0.6 is 0 Å². The first-order chi connectivity index (χ1) is 35.8. The second-order valence-corrected chi connectivity index (χ2v) is 24.2. The van der Waals surface area contributed by atoms with Crippen molar-refractivity contribution in [2.45, 2.75) is 430 Å². The molecular formula is C69H138O3. The minimum absolute atomic E-state index is 0.346. The van der Waals surface area contributed by atoms with Crippen LogP contribution in [0.25, 0.3) is 0 Å². The summed E-state index contributed by atoms with van der Waals surface area (Å²) in [5.74, 6) is -0.646. The van der Waals surface area contributed by atoms with Crippen LogP contribution < -0.4 is 0 Å². The van der Waals surface area contributed by atoms with Gasteiger partial charge < -0.3 is 10.2 Å². The Kier molecular flexibility index (Phi) is 67.9. The maximum atomic E-state index is 10.5. The van der Waals surface area contributed by atoms with E-state index in [4.69, 9.17) is 10.2 Å². The van der Waals surface area contributed by atoms with Crippen LogP contribution in [0, 0.1) is 0 Å². The number of aliphatic hydroxyl groups is 1. The fraction of sp³-hybridized carbons (Fsp3) is 0.986. The Bertz CT molecular complexity index is 933. The van der Waals surface area contributed by atoms with Gasteiger partial charge in [0.2, 0.25) is 0 Å². The SMILES string of the molecule is O=C(O)CCCCCCCCCCCCCCCCCCCCCCCCCCCCCCCCCCCCCCCCCCCCCCCCCCCCCCCCCCCCCCCCCCCCO. The van der Waals surface area contributed by atoms with Crippen LogP contribution in [-0.2, 0) is 4.79 Å². The third kappa shape index (κ3) is 69.4. The molecule has 2 N–H and O–H groups in total. The van der Waals surface area contributed by atoms with Crippen molar-refractivity contribution in [1.82, 2.24) is 0 Å². The molecule has 0 aromatic rings. The number of carbonyl (C=O) groups is 1. The van der Waals surface area contributed by atoms with Crippen LogP contribution in [0.15, 0.2) is 0 Å². The third-order valence-corrected chi connectivity index (χ3v) is 16.8. The Hall–Kier alpha value is -0.570. The smallest absolute Gasteiger partial charge is 0.303 e. The van der Waals surface area contributed by atoms with Gasteiger partial charge in [0.1, 0.15) is 0 Å². The predicted molar refractivity (Wildman–Crippen MR) is 324 cm³/mol. The minimum atomic E-state index is -0.646. The summed E-state index contributed by atoms with van der Waals surface area (Å²) in [7, 11) is 0. The van der Waals surface area contributed by atoms with E-state index in [2.05, 4.69) is 0 Å². The molecule has 0 spiro atoms. The van der Waals surface area contributed by atoms with E-state index < -0.39 is 5.97 Å². The number of hydrogen-bond acceptors (Lipinski definition) is 2.